The first-order valence-electron chi connectivity index (χ1n) is 36.2. The van der Waals surface area contributed by atoms with Gasteiger partial charge in [0.05, 0.1) is 79.2 Å². The highest BCUT2D eigenvalue weighted by molar-refractivity contribution is 7.19. The first-order chi connectivity index (χ1) is 56.3. The number of ether oxygens (including phenoxy) is 3. The van der Waals surface area contributed by atoms with Crippen LogP contribution >= 0.6 is 22.9 Å². The van der Waals surface area contributed by atoms with Crippen LogP contribution in [0.5, 0.6) is 17.2 Å². The molecule has 19 rings (SSSR count). The topological polar surface area (TPSA) is 487 Å². The first kappa shape index (κ1) is 78.8. The van der Waals surface area contributed by atoms with Crippen LogP contribution < -0.4 is 48.6 Å². The second kappa shape index (κ2) is 33.1. The maximum atomic E-state index is 6.04. The smallest absolute Gasteiger partial charge is 0.197 e. The zero-order chi connectivity index (χ0) is 82.8. The van der Waals surface area contributed by atoms with E-state index in [-0.39, 0.29) is 0 Å². The van der Waals surface area contributed by atoms with Crippen LogP contribution in [0.1, 0.15) is 41.6 Å². The summed E-state index contributed by atoms with van der Waals surface area (Å²) in [6.07, 6.45) is 11.4. The summed E-state index contributed by atoms with van der Waals surface area (Å²) >= 11 is 7.39. The Hall–Kier alpha value is -14.8. The maximum Gasteiger partial charge on any atom is 0.197 e. The van der Waals surface area contributed by atoms with Crippen molar-refractivity contribution in [2.75, 3.05) is 68.8 Å². The Labute approximate surface area is 675 Å². The Morgan fingerprint density at radius 1 is 0.453 bits per heavy atom. The molecule has 117 heavy (non-hydrogen) atoms. The number of nitrogens with two attached hydrogens (primary N) is 6. The van der Waals surface area contributed by atoms with Crippen LogP contribution in [0, 0.1) is 27.7 Å². The van der Waals surface area contributed by atoms with Crippen LogP contribution in [0.15, 0.2) is 139 Å². The molecule has 0 radical (unpaired) electrons. The van der Waals surface area contributed by atoms with E-state index in [9.17, 15) is 0 Å². The van der Waals surface area contributed by atoms with E-state index in [0.29, 0.717) is 63.0 Å². The van der Waals surface area contributed by atoms with Gasteiger partial charge in [0, 0.05) is 59.0 Å². The fourth-order valence-electron chi connectivity index (χ4n) is 13.6. The number of hydrogen-bond acceptors (Lipinski definition) is 31. The van der Waals surface area contributed by atoms with Crippen molar-refractivity contribution in [3.63, 3.8) is 0 Å². The summed E-state index contributed by atoms with van der Waals surface area (Å²) in [5, 5.41) is 41.9. The van der Waals surface area contributed by atoms with Gasteiger partial charge in [0.15, 0.2) is 47.5 Å². The van der Waals surface area contributed by atoms with E-state index in [0.717, 1.165) is 180 Å². The SMILES string of the molecule is CCCOc1cccc(-c2nn(C)c3ncnc(N)c23)c1.COc1c(C)cc(-c2nn(C)c3ncnc(N)c23)cc1C.COc1ccc2cc(-c3nn(C)c4ncnc(N)c34)ccc2c1.Cc1noc(C)c1-c1nn(C)c2ncnc(N)c12.Cn1nc(-c2ccc(Cl)s2)c2c(N)ncnc21.Cn1nc(C2=CN=[N+](C)C2)c2c(N)ncnc21. The monoisotopic (exact) mass is 1610 g/mol. The minimum Gasteiger partial charge on any atom is -0.497 e. The predicted octanol–water partition coefficient (Wildman–Crippen LogP) is 11.4. The van der Waals surface area contributed by atoms with Crippen molar-refractivity contribution in [3.8, 4) is 72.8 Å². The number of likely N-dealkylation sites (N-methyl/N-ethyl adjacent to an activating group) is 1. The summed E-state index contributed by atoms with van der Waals surface area (Å²) in [4.78, 5) is 50.5. The van der Waals surface area contributed by atoms with Crippen molar-refractivity contribution in [3.05, 3.63) is 162 Å². The van der Waals surface area contributed by atoms with E-state index in [1.54, 1.807) is 48.5 Å². The number of thiophene rings is 1. The normalized spacial score (nSPS) is 11.7. The average Bonchev–Trinajstić information content (AvgIpc) is 1.55. The standard InChI is InChI=1S/C17H15N5O.2C15H17N5O.C11H12N6O.C10H8ClN5S.C10H12N7/c1-22-17-14(16(18)19-9-20-17)15(21-22)12-4-3-11-8-13(23-2)6-5-10(11)7-12;1-8-5-10(6-9(2)13(8)21-4)12-11-14(16)17-7-18-15(11)20(3)19-12;1-3-7-21-11-6-4-5-10(8-11)13-12-14(16)17-9-18-15(12)20(2)19-13;1-5-7(6(2)18-16-5)9-8-10(12)13-4-14-11(8)17(3)15-9;1-16-10-7(9(12)13-4-14-10)8(15-16)5-2-3-6(11)17-5;1-16-4-6(3-14-16)8-7-9(11)12-5-13-10(7)17(2)15-8/h3-9H,1-2H3,(H2,18,19,20);5-7H,1-4H3,(H2,16,17,18);4-6,8-9H,3,7H2,1-2H3,(H2,16,17,18);4H,1-3H3,(H2,12,13,14);2-4H,1H3,(H2,12,13,14);3,5H,4H2,1-2H3,(H2,11,12,13)/q;;;;;+1. The first-order valence-corrected chi connectivity index (χ1v) is 37.4. The molecule has 0 bridgehead atoms. The number of benzene rings is 4. The molecule has 0 fully saturated rings. The van der Waals surface area contributed by atoms with Crippen molar-refractivity contribution in [1.82, 2.24) is 124 Å². The number of hydrogen-bond donors (Lipinski definition) is 6. The molecule has 0 saturated heterocycles. The second-order valence-electron chi connectivity index (χ2n) is 26.9. The third-order valence-corrected chi connectivity index (χ3v) is 20.2. The van der Waals surface area contributed by atoms with Crippen LogP contribution in [0.4, 0.5) is 34.9 Å². The Morgan fingerprint density at radius 2 is 0.872 bits per heavy atom. The van der Waals surface area contributed by atoms with E-state index < -0.39 is 0 Å². The Kier molecular flexibility index (Phi) is 22.3. The highest BCUT2D eigenvalue weighted by Crippen LogP contribution is 2.40. The third-order valence-electron chi connectivity index (χ3n) is 18.9. The maximum absolute atomic E-state index is 6.04. The lowest BCUT2D eigenvalue weighted by atomic mass is 10.0. The van der Waals surface area contributed by atoms with Crippen LogP contribution in [0.25, 0.3) is 138 Å². The van der Waals surface area contributed by atoms with Gasteiger partial charge in [-0.3, -0.25) is 0 Å². The van der Waals surface area contributed by atoms with Gasteiger partial charge in [0.25, 0.3) is 0 Å². The molecule has 14 aromatic heterocycles. The number of aromatic nitrogens is 25. The van der Waals surface area contributed by atoms with E-state index >= 15 is 0 Å². The second-order valence-corrected chi connectivity index (χ2v) is 28.6. The molecule has 0 saturated carbocycles. The third kappa shape index (κ3) is 15.7. The Balaban J connectivity index is 0.000000116. The van der Waals surface area contributed by atoms with Crippen LogP contribution in [0.2, 0.25) is 4.34 Å². The van der Waals surface area contributed by atoms with Gasteiger partial charge in [-0.25, -0.2) is 87.9 Å². The number of fused-ring (bicyclic) bond motifs is 7. The van der Waals surface area contributed by atoms with Crippen LogP contribution in [0.3, 0.4) is 0 Å². The van der Waals surface area contributed by atoms with Gasteiger partial charge in [-0.1, -0.05) is 54.0 Å². The van der Waals surface area contributed by atoms with Crippen molar-refractivity contribution in [2.24, 2.45) is 47.4 Å². The number of nitrogen functional groups attached to an aromatic ring is 6. The molecule has 0 spiro atoms. The highest BCUT2D eigenvalue weighted by atomic mass is 35.5. The summed E-state index contributed by atoms with van der Waals surface area (Å²) in [5.41, 5.74) is 52.4. The summed E-state index contributed by atoms with van der Waals surface area (Å²) in [7, 11) is 16.3. The summed E-state index contributed by atoms with van der Waals surface area (Å²) in [6, 6.07) is 27.8. The number of methoxy groups -OCH3 is 2. The molecule has 12 N–H and O–H groups in total. The number of azo groups is 2. The molecule has 1 aliphatic rings. The largest absolute Gasteiger partial charge is 0.497 e. The summed E-state index contributed by atoms with van der Waals surface area (Å²) in [5.74, 6) is 5.86. The molecule has 0 atom stereocenters. The number of rotatable bonds is 11. The molecule has 0 unspecified atom stereocenters. The van der Waals surface area contributed by atoms with Crippen molar-refractivity contribution < 1.29 is 23.4 Å². The average molecular weight is 1610 g/mol. The summed E-state index contributed by atoms with van der Waals surface area (Å²) < 4.78 is 34.3. The number of anilines is 6. The molecule has 37 nitrogen and oxygen atoms in total. The summed E-state index contributed by atoms with van der Waals surface area (Å²) in [6.45, 7) is 11.2. The van der Waals surface area contributed by atoms with Crippen molar-refractivity contribution in [2.45, 2.75) is 41.0 Å². The van der Waals surface area contributed by atoms with Gasteiger partial charge in [0.2, 0.25) is 0 Å². The van der Waals surface area contributed by atoms with E-state index in [1.165, 1.54) is 49.3 Å². The highest BCUT2D eigenvalue weighted by Gasteiger charge is 2.26. The van der Waals surface area contributed by atoms with E-state index in [4.69, 9.17) is 64.7 Å². The molecule has 15 heterocycles. The lowest BCUT2D eigenvalue weighted by molar-refractivity contribution is -0.545. The molecule has 594 valence electrons. The zero-order valence-corrected chi connectivity index (χ0v) is 67.8. The quantitative estimate of drug-likeness (QED) is 0.0655. The van der Waals surface area contributed by atoms with Crippen LogP contribution in [-0.2, 0) is 42.3 Å². The molecule has 39 heteroatoms. The predicted molar refractivity (Wildman–Crippen MR) is 451 cm³/mol. The zero-order valence-electron chi connectivity index (χ0n) is 66.2. The van der Waals surface area contributed by atoms with Gasteiger partial charge in [0.1, 0.15) is 136 Å². The molecule has 18 aromatic rings. The van der Waals surface area contributed by atoms with Gasteiger partial charge < -0.3 is 53.1 Å². The molecule has 0 amide bonds. The van der Waals surface area contributed by atoms with Gasteiger partial charge in [-0.2, -0.15) is 30.6 Å². The van der Waals surface area contributed by atoms with E-state index in [1.807, 2.05) is 161 Å². The molecule has 4 aromatic carbocycles. The number of halogens is 1. The Bertz CT molecular complexity index is 6820. The fourth-order valence-corrected chi connectivity index (χ4v) is 14.6. The number of aryl methyl sites for hydroxylation is 10. The van der Waals surface area contributed by atoms with Gasteiger partial charge >= 0.3 is 0 Å². The fraction of sp³-hybridized carbons (Fsp3) is 0.218. The lowest BCUT2D eigenvalue weighted by Gasteiger charge is -2.10. The molecule has 0 aliphatic carbocycles. The van der Waals surface area contributed by atoms with Crippen molar-refractivity contribution >= 4 is 140 Å². The molecular formula is C78H81ClN33O4S+. The number of nitrogens with zero attached hydrogens (tertiary/aromatic N) is 27. The van der Waals surface area contributed by atoms with Gasteiger partial charge in [-0.15, -0.1) is 16.0 Å². The van der Waals surface area contributed by atoms with Crippen LogP contribution in [-0.4, -0.2) is 163 Å². The Morgan fingerprint density at radius 3 is 1.30 bits per heavy atom. The minimum absolute atomic E-state index is 0.406. The lowest BCUT2D eigenvalue weighted by Crippen LogP contribution is -2.02. The van der Waals surface area contributed by atoms with Crippen molar-refractivity contribution in [1.29, 1.82) is 0 Å². The van der Waals surface area contributed by atoms with Gasteiger partial charge in [-0.05, 0) is 116 Å². The molecular weight excluding hydrogens is 1530 g/mol. The van der Waals surface area contributed by atoms with E-state index in [2.05, 4.69) is 114 Å². The minimum atomic E-state index is 0.406. The molecule has 1 aliphatic heterocycles.